The summed E-state index contributed by atoms with van der Waals surface area (Å²) in [4.78, 5) is 28.5. The molecule has 0 aromatic carbocycles. The zero-order valence-corrected chi connectivity index (χ0v) is 11.4. The molecule has 0 aliphatic carbocycles. The predicted molar refractivity (Wildman–Crippen MR) is 69.8 cm³/mol. The van der Waals surface area contributed by atoms with Crippen molar-refractivity contribution in [3.05, 3.63) is 16.4 Å². The summed E-state index contributed by atoms with van der Waals surface area (Å²) >= 11 is 0. The number of anilines is 1. The van der Waals surface area contributed by atoms with Gasteiger partial charge in [0.15, 0.2) is 0 Å². The van der Waals surface area contributed by atoms with Crippen LogP contribution in [-0.4, -0.2) is 38.6 Å². The van der Waals surface area contributed by atoms with E-state index in [0.717, 1.165) is 6.33 Å². The largest absolute Gasteiger partial charge is 0.481 e. The fourth-order valence-electron chi connectivity index (χ4n) is 1.57. The summed E-state index contributed by atoms with van der Waals surface area (Å²) in [6.45, 7) is 3.46. The molecule has 110 valence electrons. The molecule has 1 aromatic rings. The Morgan fingerprint density at radius 2 is 2.20 bits per heavy atom. The Morgan fingerprint density at radius 3 is 2.70 bits per heavy atom. The van der Waals surface area contributed by atoms with E-state index < -0.39 is 16.4 Å². The predicted octanol–water partition coefficient (Wildman–Crippen LogP) is 1.45. The van der Waals surface area contributed by atoms with E-state index in [2.05, 4.69) is 15.3 Å². The Kier molecular flexibility index (Phi) is 4.78. The number of methoxy groups -OCH3 is 1. The third-order valence-corrected chi connectivity index (χ3v) is 2.59. The Hall–Kier alpha value is -2.45. The number of nitro groups is 1. The molecule has 2 N–H and O–H groups in total. The molecule has 9 heteroatoms. The fourth-order valence-corrected chi connectivity index (χ4v) is 1.57. The van der Waals surface area contributed by atoms with Crippen molar-refractivity contribution in [1.29, 1.82) is 0 Å². The molecule has 20 heavy (non-hydrogen) atoms. The number of ether oxygens (including phenoxy) is 1. The standard InChI is InChI=1S/C11H16N4O5/c1-11(2,5-4-7(16)17)14-9-8(15(18)19)10(20-3)13-6-12-9/h6H,4-5H2,1-3H3,(H,16,17)(H,12,13,14). The van der Waals surface area contributed by atoms with Crippen LogP contribution < -0.4 is 10.1 Å². The second-order valence-corrected chi connectivity index (χ2v) is 4.74. The number of aromatic nitrogens is 2. The highest BCUT2D eigenvalue weighted by molar-refractivity contribution is 5.67. The summed E-state index contributed by atoms with van der Waals surface area (Å²) in [6.07, 6.45) is 1.36. The maximum absolute atomic E-state index is 11.1. The minimum Gasteiger partial charge on any atom is -0.481 e. The first-order valence-electron chi connectivity index (χ1n) is 5.80. The van der Waals surface area contributed by atoms with Crippen molar-refractivity contribution >= 4 is 17.5 Å². The number of carboxylic acids is 1. The molecule has 0 fully saturated rings. The van der Waals surface area contributed by atoms with Crippen LogP contribution in [0.2, 0.25) is 0 Å². The first-order chi connectivity index (χ1) is 9.26. The molecule has 0 aliphatic heterocycles. The maximum atomic E-state index is 11.1. The van der Waals surface area contributed by atoms with Crippen LogP contribution in [0.1, 0.15) is 26.7 Å². The Labute approximate surface area is 115 Å². The van der Waals surface area contributed by atoms with Gasteiger partial charge in [-0.05, 0) is 20.3 Å². The van der Waals surface area contributed by atoms with E-state index in [4.69, 9.17) is 9.84 Å². The monoisotopic (exact) mass is 284 g/mol. The van der Waals surface area contributed by atoms with Crippen LogP contribution in [0.5, 0.6) is 5.88 Å². The molecule has 0 saturated heterocycles. The highest BCUT2D eigenvalue weighted by Crippen LogP contribution is 2.32. The van der Waals surface area contributed by atoms with Crippen LogP contribution in [0.15, 0.2) is 6.33 Å². The maximum Gasteiger partial charge on any atom is 0.372 e. The number of hydrogen-bond donors (Lipinski definition) is 2. The van der Waals surface area contributed by atoms with Gasteiger partial charge in [0.25, 0.3) is 5.88 Å². The molecule has 0 atom stereocenters. The SMILES string of the molecule is COc1ncnc(NC(C)(C)CCC(=O)O)c1[N+](=O)[O-]. The summed E-state index contributed by atoms with van der Waals surface area (Å²) in [6, 6.07) is 0. The van der Waals surface area contributed by atoms with E-state index in [1.54, 1.807) is 13.8 Å². The Bertz CT molecular complexity index is 518. The van der Waals surface area contributed by atoms with E-state index in [1.165, 1.54) is 7.11 Å². The van der Waals surface area contributed by atoms with Gasteiger partial charge in [-0.3, -0.25) is 14.9 Å². The molecule has 1 rings (SSSR count). The molecule has 0 unspecified atom stereocenters. The van der Waals surface area contributed by atoms with Gasteiger partial charge in [0.05, 0.1) is 12.0 Å². The summed E-state index contributed by atoms with van der Waals surface area (Å²) in [5, 5.41) is 22.6. The van der Waals surface area contributed by atoms with Crippen LogP contribution in [0.25, 0.3) is 0 Å². The number of rotatable bonds is 7. The number of nitrogens with zero attached hydrogens (tertiary/aromatic N) is 3. The number of aliphatic carboxylic acids is 1. The Morgan fingerprint density at radius 1 is 1.55 bits per heavy atom. The molecule has 0 spiro atoms. The van der Waals surface area contributed by atoms with Gasteiger partial charge in [-0.15, -0.1) is 0 Å². The van der Waals surface area contributed by atoms with E-state index >= 15 is 0 Å². The lowest BCUT2D eigenvalue weighted by molar-refractivity contribution is -0.385. The van der Waals surface area contributed by atoms with Gasteiger partial charge in [-0.2, -0.15) is 4.98 Å². The van der Waals surface area contributed by atoms with Crippen LogP contribution in [0.4, 0.5) is 11.5 Å². The topological polar surface area (TPSA) is 127 Å². The molecule has 9 nitrogen and oxygen atoms in total. The lowest BCUT2D eigenvalue weighted by Gasteiger charge is -2.26. The average Bonchev–Trinajstić information content (AvgIpc) is 2.35. The van der Waals surface area contributed by atoms with Gasteiger partial charge in [0.2, 0.25) is 5.82 Å². The van der Waals surface area contributed by atoms with Crippen molar-refractivity contribution < 1.29 is 19.6 Å². The van der Waals surface area contributed by atoms with Gasteiger partial charge < -0.3 is 15.2 Å². The second-order valence-electron chi connectivity index (χ2n) is 4.74. The fraction of sp³-hybridized carbons (Fsp3) is 0.545. The molecule has 1 heterocycles. The number of hydrogen-bond acceptors (Lipinski definition) is 7. The van der Waals surface area contributed by atoms with Gasteiger partial charge >= 0.3 is 11.7 Å². The third-order valence-electron chi connectivity index (χ3n) is 2.59. The van der Waals surface area contributed by atoms with Gasteiger partial charge in [-0.25, -0.2) is 4.98 Å². The van der Waals surface area contributed by atoms with Crippen LogP contribution in [0.3, 0.4) is 0 Å². The molecular formula is C11H16N4O5. The highest BCUT2D eigenvalue weighted by Gasteiger charge is 2.28. The van der Waals surface area contributed by atoms with E-state index in [-0.39, 0.29) is 30.2 Å². The first-order valence-corrected chi connectivity index (χ1v) is 5.80. The molecule has 0 radical (unpaired) electrons. The smallest absolute Gasteiger partial charge is 0.372 e. The van der Waals surface area contributed by atoms with E-state index in [1.807, 2.05) is 0 Å². The van der Waals surface area contributed by atoms with Gasteiger partial charge in [0, 0.05) is 12.0 Å². The number of carboxylic acid groups (broad SMARTS) is 1. The molecule has 0 bridgehead atoms. The third kappa shape index (κ3) is 4.04. The zero-order chi connectivity index (χ0) is 15.3. The van der Waals surface area contributed by atoms with Crippen LogP contribution in [-0.2, 0) is 4.79 Å². The van der Waals surface area contributed by atoms with Crippen molar-refractivity contribution in [2.45, 2.75) is 32.2 Å². The summed E-state index contributed by atoms with van der Waals surface area (Å²) in [5.74, 6) is -1.09. The van der Waals surface area contributed by atoms with Crippen molar-refractivity contribution in [3.63, 3.8) is 0 Å². The molecule has 0 amide bonds. The molecule has 0 aliphatic rings. The Balaban J connectivity index is 3.02. The zero-order valence-electron chi connectivity index (χ0n) is 11.4. The summed E-state index contributed by atoms with van der Waals surface area (Å²) in [7, 11) is 1.27. The second kappa shape index (κ2) is 6.13. The lowest BCUT2D eigenvalue weighted by Crippen LogP contribution is -2.32. The number of carbonyl (C=O) groups is 1. The average molecular weight is 284 g/mol. The minimum absolute atomic E-state index is 0.00256. The van der Waals surface area contributed by atoms with Crippen molar-refractivity contribution in [3.8, 4) is 5.88 Å². The normalized spacial score (nSPS) is 10.9. The lowest BCUT2D eigenvalue weighted by atomic mass is 9.98. The van der Waals surface area contributed by atoms with Gasteiger partial charge in [0.1, 0.15) is 6.33 Å². The quantitative estimate of drug-likeness (QED) is 0.568. The molecular weight excluding hydrogens is 268 g/mol. The van der Waals surface area contributed by atoms with Crippen molar-refractivity contribution in [2.24, 2.45) is 0 Å². The van der Waals surface area contributed by atoms with E-state index in [9.17, 15) is 14.9 Å². The molecule has 0 saturated carbocycles. The van der Waals surface area contributed by atoms with E-state index in [0.29, 0.717) is 0 Å². The highest BCUT2D eigenvalue weighted by atomic mass is 16.6. The van der Waals surface area contributed by atoms with Gasteiger partial charge in [-0.1, -0.05) is 0 Å². The first kappa shape index (κ1) is 15.6. The van der Waals surface area contributed by atoms with Crippen molar-refractivity contribution in [1.82, 2.24) is 9.97 Å². The summed E-state index contributed by atoms with van der Waals surface area (Å²) in [5.41, 5.74) is -1.05. The van der Waals surface area contributed by atoms with Crippen LogP contribution in [0, 0.1) is 10.1 Å². The van der Waals surface area contributed by atoms with Crippen molar-refractivity contribution in [2.75, 3.05) is 12.4 Å². The minimum atomic E-state index is -0.936. The van der Waals surface area contributed by atoms with Crippen LogP contribution >= 0.6 is 0 Å². The number of nitrogens with one attached hydrogen (secondary N) is 1. The molecule has 1 aromatic heterocycles. The summed E-state index contributed by atoms with van der Waals surface area (Å²) < 4.78 is 4.83.